The number of ether oxygens (including phenoxy) is 1. The second kappa shape index (κ2) is 9.23. The molecule has 0 unspecified atom stereocenters. The molecule has 1 amide bonds. The molecule has 0 N–H and O–H groups in total. The first-order valence-corrected chi connectivity index (χ1v) is 12.6. The zero-order chi connectivity index (χ0) is 22.1. The summed E-state index contributed by atoms with van der Waals surface area (Å²) in [5.74, 6) is -0.00484. The molecular formula is C24H26N4O2S2. The number of benzene rings is 2. The number of amides is 1. The highest BCUT2D eigenvalue weighted by atomic mass is 32.1. The van der Waals surface area contributed by atoms with Crippen LogP contribution in [0.4, 0.5) is 5.13 Å². The van der Waals surface area contributed by atoms with Gasteiger partial charge in [0.1, 0.15) is 0 Å². The lowest BCUT2D eigenvalue weighted by molar-refractivity contribution is 0.0376. The van der Waals surface area contributed by atoms with Crippen molar-refractivity contribution in [2.45, 2.75) is 20.3 Å². The van der Waals surface area contributed by atoms with E-state index in [1.54, 1.807) is 22.7 Å². The van der Waals surface area contributed by atoms with Crippen molar-refractivity contribution in [3.05, 3.63) is 52.5 Å². The van der Waals surface area contributed by atoms with Crippen LogP contribution in [0.2, 0.25) is 0 Å². The highest BCUT2D eigenvalue weighted by Gasteiger charge is 2.22. The average molecular weight is 467 g/mol. The second-order valence-electron chi connectivity index (χ2n) is 8.20. The van der Waals surface area contributed by atoms with Gasteiger partial charge in [-0.25, -0.2) is 9.97 Å². The normalized spacial score (nSPS) is 14.9. The smallest absolute Gasteiger partial charge is 0.260 e. The number of aryl methyl sites for hydroxylation is 2. The minimum absolute atomic E-state index is 0.00484. The SMILES string of the molecule is Cc1cc2nc(N(CCCN3CCOCC3)C(=O)c3ccc4ncsc4c3)sc2cc1C. The predicted molar refractivity (Wildman–Crippen MR) is 132 cm³/mol. The summed E-state index contributed by atoms with van der Waals surface area (Å²) < 4.78 is 7.60. The van der Waals surface area contributed by atoms with Crippen LogP contribution in [0.1, 0.15) is 27.9 Å². The molecule has 1 fully saturated rings. The van der Waals surface area contributed by atoms with E-state index < -0.39 is 0 Å². The zero-order valence-electron chi connectivity index (χ0n) is 18.3. The van der Waals surface area contributed by atoms with Crippen LogP contribution in [-0.4, -0.2) is 60.2 Å². The number of fused-ring (bicyclic) bond motifs is 2. The van der Waals surface area contributed by atoms with Gasteiger partial charge in [-0.1, -0.05) is 11.3 Å². The zero-order valence-corrected chi connectivity index (χ0v) is 20.0. The number of carbonyl (C=O) groups excluding carboxylic acids is 1. The molecule has 1 saturated heterocycles. The topological polar surface area (TPSA) is 58.6 Å². The summed E-state index contributed by atoms with van der Waals surface area (Å²) in [7, 11) is 0. The van der Waals surface area contributed by atoms with Crippen molar-refractivity contribution in [1.82, 2.24) is 14.9 Å². The first kappa shape index (κ1) is 21.5. The highest BCUT2D eigenvalue weighted by Crippen LogP contribution is 2.32. The first-order chi connectivity index (χ1) is 15.6. The van der Waals surface area contributed by atoms with Gasteiger partial charge in [0.15, 0.2) is 5.13 Å². The molecule has 0 atom stereocenters. The Hall–Kier alpha value is -2.39. The van der Waals surface area contributed by atoms with Crippen molar-refractivity contribution in [2.24, 2.45) is 0 Å². The van der Waals surface area contributed by atoms with E-state index in [1.165, 1.54) is 11.1 Å². The number of thiazole rings is 2. The number of anilines is 1. The van der Waals surface area contributed by atoms with E-state index in [0.29, 0.717) is 12.1 Å². The summed E-state index contributed by atoms with van der Waals surface area (Å²) in [4.78, 5) is 27.1. The molecule has 0 bridgehead atoms. The standard InChI is InChI=1S/C24H26N4O2S2/c1-16-12-20-22(13-17(16)2)32-24(26-20)28(7-3-6-27-8-10-30-11-9-27)23(29)18-4-5-19-21(14-18)31-15-25-19/h4-5,12-15H,3,6-11H2,1-2H3. The van der Waals surface area contributed by atoms with Gasteiger partial charge in [-0.15, -0.1) is 11.3 Å². The van der Waals surface area contributed by atoms with Gasteiger partial charge in [-0.05, 0) is 61.7 Å². The van der Waals surface area contributed by atoms with Gasteiger partial charge in [0, 0.05) is 31.7 Å². The Labute approximate surface area is 195 Å². The van der Waals surface area contributed by atoms with E-state index in [1.807, 2.05) is 28.6 Å². The number of hydrogen-bond acceptors (Lipinski definition) is 7. The van der Waals surface area contributed by atoms with Gasteiger partial charge in [-0.3, -0.25) is 14.6 Å². The van der Waals surface area contributed by atoms with Crippen LogP contribution in [0.5, 0.6) is 0 Å². The molecule has 3 heterocycles. The number of hydrogen-bond donors (Lipinski definition) is 0. The largest absolute Gasteiger partial charge is 0.379 e. The van der Waals surface area contributed by atoms with E-state index in [9.17, 15) is 4.79 Å². The fourth-order valence-electron chi connectivity index (χ4n) is 3.99. The third-order valence-electron chi connectivity index (χ3n) is 6.01. The van der Waals surface area contributed by atoms with Gasteiger partial charge in [-0.2, -0.15) is 0 Å². The molecule has 0 radical (unpaired) electrons. The fourth-order valence-corrected chi connectivity index (χ4v) is 5.77. The van der Waals surface area contributed by atoms with Crippen molar-refractivity contribution < 1.29 is 9.53 Å². The summed E-state index contributed by atoms with van der Waals surface area (Å²) in [6, 6.07) is 10.0. The molecule has 2 aromatic carbocycles. The fraction of sp³-hybridized carbons (Fsp3) is 0.375. The van der Waals surface area contributed by atoms with Crippen molar-refractivity contribution in [3.63, 3.8) is 0 Å². The predicted octanol–water partition coefficient (Wildman–Crippen LogP) is 4.89. The van der Waals surface area contributed by atoms with Crippen LogP contribution in [0.3, 0.4) is 0 Å². The van der Waals surface area contributed by atoms with Crippen LogP contribution in [0.25, 0.3) is 20.4 Å². The number of morpholine rings is 1. The van der Waals surface area contributed by atoms with Crippen molar-refractivity contribution >= 4 is 54.1 Å². The molecule has 6 nitrogen and oxygen atoms in total. The van der Waals surface area contributed by atoms with E-state index >= 15 is 0 Å². The Kier molecular flexibility index (Phi) is 6.19. The molecule has 8 heteroatoms. The van der Waals surface area contributed by atoms with E-state index in [4.69, 9.17) is 9.72 Å². The quantitative estimate of drug-likeness (QED) is 0.405. The van der Waals surface area contributed by atoms with Crippen molar-refractivity contribution in [2.75, 3.05) is 44.3 Å². The summed E-state index contributed by atoms with van der Waals surface area (Å²) in [5.41, 5.74) is 6.84. The maximum absolute atomic E-state index is 13.6. The second-order valence-corrected chi connectivity index (χ2v) is 10.1. The summed E-state index contributed by atoms with van der Waals surface area (Å²) in [6.45, 7) is 9.28. The van der Waals surface area contributed by atoms with Gasteiger partial charge in [0.05, 0.1) is 39.2 Å². The van der Waals surface area contributed by atoms with E-state index in [2.05, 4.69) is 35.9 Å². The van der Waals surface area contributed by atoms with Crippen LogP contribution in [0, 0.1) is 13.8 Å². The van der Waals surface area contributed by atoms with Crippen LogP contribution in [0.15, 0.2) is 35.8 Å². The van der Waals surface area contributed by atoms with Gasteiger partial charge in [0.2, 0.25) is 0 Å². The summed E-state index contributed by atoms with van der Waals surface area (Å²) in [6.07, 6.45) is 0.891. The Bertz CT molecular complexity index is 1220. The number of aromatic nitrogens is 2. The Balaban J connectivity index is 1.44. The highest BCUT2D eigenvalue weighted by molar-refractivity contribution is 7.22. The molecule has 1 aliphatic rings. The maximum Gasteiger partial charge on any atom is 0.260 e. The molecule has 0 saturated carbocycles. The number of nitrogens with zero attached hydrogens (tertiary/aromatic N) is 4. The molecule has 32 heavy (non-hydrogen) atoms. The summed E-state index contributed by atoms with van der Waals surface area (Å²) in [5, 5.41) is 0.765. The Morgan fingerprint density at radius 3 is 2.75 bits per heavy atom. The summed E-state index contributed by atoms with van der Waals surface area (Å²) >= 11 is 3.15. The Morgan fingerprint density at radius 2 is 1.91 bits per heavy atom. The van der Waals surface area contributed by atoms with Crippen LogP contribution in [-0.2, 0) is 4.74 Å². The lowest BCUT2D eigenvalue weighted by atomic mass is 10.1. The lowest BCUT2D eigenvalue weighted by Crippen LogP contribution is -2.39. The monoisotopic (exact) mass is 466 g/mol. The maximum atomic E-state index is 13.6. The van der Waals surface area contributed by atoms with Crippen molar-refractivity contribution in [1.29, 1.82) is 0 Å². The molecule has 166 valence electrons. The molecule has 0 spiro atoms. The molecule has 2 aromatic heterocycles. The van der Waals surface area contributed by atoms with Gasteiger partial charge < -0.3 is 4.74 Å². The first-order valence-electron chi connectivity index (χ1n) is 10.9. The molecule has 4 aromatic rings. The lowest BCUT2D eigenvalue weighted by Gasteiger charge is -2.27. The third-order valence-corrected chi connectivity index (χ3v) is 7.84. The third kappa shape index (κ3) is 4.41. The average Bonchev–Trinajstić information content (AvgIpc) is 3.43. The van der Waals surface area contributed by atoms with Crippen LogP contribution < -0.4 is 4.90 Å². The molecule has 1 aliphatic heterocycles. The van der Waals surface area contributed by atoms with E-state index in [-0.39, 0.29) is 5.91 Å². The number of rotatable bonds is 6. The van der Waals surface area contributed by atoms with Crippen molar-refractivity contribution in [3.8, 4) is 0 Å². The van der Waals surface area contributed by atoms with E-state index in [0.717, 1.165) is 64.8 Å². The molecule has 0 aliphatic carbocycles. The van der Waals surface area contributed by atoms with Gasteiger partial charge in [0.25, 0.3) is 5.91 Å². The molecular weight excluding hydrogens is 440 g/mol. The minimum Gasteiger partial charge on any atom is -0.379 e. The van der Waals surface area contributed by atoms with Crippen LogP contribution >= 0.6 is 22.7 Å². The van der Waals surface area contributed by atoms with Gasteiger partial charge >= 0.3 is 0 Å². The Morgan fingerprint density at radius 1 is 1.09 bits per heavy atom. The minimum atomic E-state index is -0.00484. The number of carbonyl (C=O) groups is 1. The molecule has 5 rings (SSSR count).